The van der Waals surface area contributed by atoms with E-state index in [9.17, 15) is 9.59 Å². The lowest BCUT2D eigenvalue weighted by Gasteiger charge is -2.23. The number of nitrogens with zero attached hydrogens (tertiary/aromatic N) is 1. The third-order valence-corrected chi connectivity index (χ3v) is 7.01. The molecule has 1 atom stereocenters. The molecule has 0 aliphatic carbocycles. The number of anilines is 1. The maximum absolute atomic E-state index is 14.0. The van der Waals surface area contributed by atoms with Crippen LogP contribution in [0.5, 0.6) is 0 Å². The Morgan fingerprint density at radius 1 is 0.919 bits per heavy atom. The Morgan fingerprint density at radius 2 is 1.54 bits per heavy atom. The van der Waals surface area contributed by atoms with Crippen LogP contribution in [-0.4, -0.2) is 15.5 Å². The van der Waals surface area contributed by atoms with Crippen LogP contribution in [-0.2, 0) is 11.8 Å². The summed E-state index contributed by atoms with van der Waals surface area (Å²) in [5, 5.41) is 5.19. The average molecular weight is 492 g/mol. The van der Waals surface area contributed by atoms with E-state index in [4.69, 9.17) is 0 Å². The summed E-state index contributed by atoms with van der Waals surface area (Å²) in [5.74, 6) is -0.449. The first-order valence-electron chi connectivity index (χ1n) is 12.7. The lowest BCUT2D eigenvalue weighted by Crippen LogP contribution is -2.27. The number of H-pyrrole nitrogens is 1. The molecule has 1 amide bonds. The Kier molecular flexibility index (Phi) is 6.24. The van der Waals surface area contributed by atoms with Crippen LogP contribution in [0.15, 0.2) is 83.7 Å². The SMILES string of the molecule is Cc1c(C(c2ccccc2)c2[nH]c3ccccc3c2NC(=O)CC(C)(C)C)c(=O)n(C)c2ccccc12. The normalized spacial score (nSPS) is 12.7. The van der Waals surface area contributed by atoms with Gasteiger partial charge in [-0.1, -0.05) is 87.5 Å². The van der Waals surface area contributed by atoms with E-state index in [1.54, 1.807) is 4.57 Å². The number of benzene rings is 3. The number of para-hydroxylation sites is 2. The molecule has 2 aromatic heterocycles. The fourth-order valence-electron chi connectivity index (χ4n) is 5.32. The van der Waals surface area contributed by atoms with Crippen molar-refractivity contribution in [1.82, 2.24) is 9.55 Å². The number of amides is 1. The van der Waals surface area contributed by atoms with Crippen LogP contribution in [0.4, 0.5) is 5.69 Å². The van der Waals surface area contributed by atoms with E-state index >= 15 is 0 Å². The number of hydrogen-bond donors (Lipinski definition) is 2. The van der Waals surface area contributed by atoms with Gasteiger partial charge in [0.15, 0.2) is 0 Å². The third-order valence-electron chi connectivity index (χ3n) is 7.01. The Bertz CT molecular complexity index is 1670. The summed E-state index contributed by atoms with van der Waals surface area (Å²) in [4.78, 5) is 30.8. The molecule has 0 saturated heterocycles. The molecule has 1 unspecified atom stereocenters. The number of hydrogen-bond acceptors (Lipinski definition) is 2. The zero-order valence-electron chi connectivity index (χ0n) is 22.1. The summed E-state index contributed by atoms with van der Waals surface area (Å²) >= 11 is 0. The second-order valence-corrected chi connectivity index (χ2v) is 11.0. The minimum Gasteiger partial charge on any atom is -0.356 e. The molecule has 37 heavy (non-hydrogen) atoms. The van der Waals surface area contributed by atoms with E-state index in [1.807, 2.05) is 86.8 Å². The highest BCUT2D eigenvalue weighted by Crippen LogP contribution is 2.41. The molecule has 188 valence electrons. The predicted octanol–water partition coefficient (Wildman–Crippen LogP) is 6.88. The van der Waals surface area contributed by atoms with Crippen LogP contribution in [0.25, 0.3) is 21.8 Å². The largest absolute Gasteiger partial charge is 0.356 e. The van der Waals surface area contributed by atoms with Crippen molar-refractivity contribution in [2.24, 2.45) is 12.5 Å². The van der Waals surface area contributed by atoms with E-state index in [-0.39, 0.29) is 16.9 Å². The number of aromatic nitrogens is 2. The van der Waals surface area contributed by atoms with Crippen molar-refractivity contribution in [2.75, 3.05) is 5.32 Å². The van der Waals surface area contributed by atoms with Crippen LogP contribution >= 0.6 is 0 Å². The summed E-state index contributed by atoms with van der Waals surface area (Å²) in [5.41, 5.74) is 5.78. The molecule has 5 heteroatoms. The molecule has 0 saturated carbocycles. The standard InChI is InChI=1S/C32H33N3O2/c1-20-22-15-10-12-18-25(22)35(5)31(37)27(20)28(21-13-7-6-8-14-21)30-29(34-26(36)19-32(2,3)4)23-16-9-11-17-24(23)33-30/h6-18,28,33H,19H2,1-5H3,(H,34,36). The Labute approximate surface area is 217 Å². The number of rotatable bonds is 5. The van der Waals surface area contributed by atoms with Crippen molar-refractivity contribution in [3.63, 3.8) is 0 Å². The van der Waals surface area contributed by atoms with E-state index < -0.39 is 5.92 Å². The van der Waals surface area contributed by atoms with E-state index in [1.165, 1.54) is 0 Å². The summed E-state index contributed by atoms with van der Waals surface area (Å²) in [6.45, 7) is 8.18. The molecule has 0 fully saturated rings. The minimum absolute atomic E-state index is 0.0457. The van der Waals surface area contributed by atoms with Crippen molar-refractivity contribution < 1.29 is 4.79 Å². The molecule has 0 aliphatic heterocycles. The Morgan fingerprint density at radius 3 is 2.24 bits per heavy atom. The van der Waals surface area contributed by atoms with Gasteiger partial charge in [0.05, 0.1) is 22.8 Å². The predicted molar refractivity (Wildman–Crippen MR) is 152 cm³/mol. The summed E-state index contributed by atoms with van der Waals surface area (Å²) in [6, 6.07) is 26.0. The molecule has 0 radical (unpaired) electrons. The number of fused-ring (bicyclic) bond motifs is 2. The van der Waals surface area contributed by atoms with Crippen molar-refractivity contribution in [1.29, 1.82) is 0 Å². The topological polar surface area (TPSA) is 66.9 Å². The molecular formula is C32H33N3O2. The van der Waals surface area contributed by atoms with Gasteiger partial charge in [0, 0.05) is 35.3 Å². The second-order valence-electron chi connectivity index (χ2n) is 11.0. The van der Waals surface area contributed by atoms with Crippen LogP contribution in [0.2, 0.25) is 0 Å². The Balaban J connectivity index is 1.82. The number of carbonyl (C=O) groups is 1. The number of nitrogens with one attached hydrogen (secondary N) is 2. The first-order valence-corrected chi connectivity index (χ1v) is 12.7. The van der Waals surface area contributed by atoms with Gasteiger partial charge in [0.1, 0.15) is 0 Å². The van der Waals surface area contributed by atoms with Gasteiger partial charge in [-0.2, -0.15) is 0 Å². The van der Waals surface area contributed by atoms with Gasteiger partial charge in [-0.15, -0.1) is 0 Å². The molecule has 2 N–H and O–H groups in total. The first-order chi connectivity index (χ1) is 17.7. The number of aromatic amines is 1. The van der Waals surface area contributed by atoms with Gasteiger partial charge in [0.25, 0.3) is 5.56 Å². The smallest absolute Gasteiger partial charge is 0.255 e. The summed E-state index contributed by atoms with van der Waals surface area (Å²) in [6.07, 6.45) is 0.388. The Hall–Kier alpha value is -4.12. The van der Waals surface area contributed by atoms with E-state index in [0.717, 1.165) is 44.3 Å². The van der Waals surface area contributed by atoms with Gasteiger partial charge in [-0.25, -0.2) is 0 Å². The van der Waals surface area contributed by atoms with Crippen LogP contribution in [0.1, 0.15) is 55.5 Å². The molecule has 0 bridgehead atoms. The number of aryl methyl sites for hydroxylation is 2. The van der Waals surface area contributed by atoms with Gasteiger partial charge in [-0.05, 0) is 35.6 Å². The van der Waals surface area contributed by atoms with Crippen molar-refractivity contribution in [3.8, 4) is 0 Å². The van der Waals surface area contributed by atoms with Crippen LogP contribution < -0.4 is 10.9 Å². The van der Waals surface area contributed by atoms with Crippen LogP contribution in [0.3, 0.4) is 0 Å². The van der Waals surface area contributed by atoms with Crippen molar-refractivity contribution in [3.05, 3.63) is 112 Å². The lowest BCUT2D eigenvalue weighted by molar-refractivity contribution is -0.117. The highest BCUT2D eigenvalue weighted by Gasteiger charge is 2.30. The van der Waals surface area contributed by atoms with E-state index in [2.05, 4.69) is 37.1 Å². The second kappa shape index (κ2) is 9.40. The van der Waals surface area contributed by atoms with Crippen molar-refractivity contribution in [2.45, 2.75) is 40.0 Å². The summed E-state index contributed by atoms with van der Waals surface area (Å²) < 4.78 is 1.73. The molecule has 0 spiro atoms. The fraction of sp³-hybridized carbons (Fsp3) is 0.250. The lowest BCUT2D eigenvalue weighted by atomic mass is 9.84. The first kappa shape index (κ1) is 24.6. The zero-order chi connectivity index (χ0) is 26.3. The fourth-order valence-corrected chi connectivity index (χ4v) is 5.32. The maximum Gasteiger partial charge on any atom is 0.255 e. The van der Waals surface area contributed by atoms with Gasteiger partial charge in [0.2, 0.25) is 5.91 Å². The maximum atomic E-state index is 14.0. The van der Waals surface area contributed by atoms with Gasteiger partial charge in [-0.3, -0.25) is 9.59 Å². The van der Waals surface area contributed by atoms with Crippen molar-refractivity contribution >= 4 is 33.4 Å². The minimum atomic E-state index is -0.401. The van der Waals surface area contributed by atoms with Gasteiger partial charge >= 0.3 is 0 Å². The highest BCUT2D eigenvalue weighted by molar-refractivity contribution is 6.04. The van der Waals surface area contributed by atoms with Gasteiger partial charge < -0.3 is 14.9 Å². The molecule has 2 heterocycles. The van der Waals surface area contributed by atoms with E-state index in [0.29, 0.717) is 12.0 Å². The zero-order valence-corrected chi connectivity index (χ0v) is 22.1. The molecule has 5 nitrogen and oxygen atoms in total. The summed E-state index contributed by atoms with van der Waals surface area (Å²) in [7, 11) is 1.83. The molecular weight excluding hydrogens is 458 g/mol. The average Bonchev–Trinajstić information content (AvgIpc) is 3.22. The molecule has 5 aromatic rings. The monoisotopic (exact) mass is 491 g/mol. The highest BCUT2D eigenvalue weighted by atomic mass is 16.1. The molecule has 3 aromatic carbocycles. The number of carbonyl (C=O) groups excluding carboxylic acids is 1. The molecule has 5 rings (SSSR count). The third kappa shape index (κ3) is 4.57. The van der Waals surface area contributed by atoms with Crippen LogP contribution in [0, 0.1) is 12.3 Å². The number of pyridine rings is 1. The molecule has 0 aliphatic rings. The quantitative estimate of drug-likeness (QED) is 0.281.